The van der Waals surface area contributed by atoms with Gasteiger partial charge in [0.15, 0.2) is 0 Å². The average Bonchev–Trinajstić information content (AvgIpc) is 2.72. The monoisotopic (exact) mass is 403 g/mol. The highest BCUT2D eigenvalue weighted by Crippen LogP contribution is 2.54. The van der Waals surface area contributed by atoms with Gasteiger partial charge in [-0.3, -0.25) is 9.59 Å². The molecule has 2 amide bonds. The van der Waals surface area contributed by atoms with Gasteiger partial charge in [0.2, 0.25) is 11.8 Å². The van der Waals surface area contributed by atoms with Gasteiger partial charge in [-0.25, -0.2) is 0 Å². The molecular formula is C24H25N3O3. The number of amides is 2. The predicted octanol–water partition coefficient (Wildman–Crippen LogP) is 2.52. The van der Waals surface area contributed by atoms with Gasteiger partial charge in [0, 0.05) is 32.4 Å². The number of nitriles is 1. The first kappa shape index (κ1) is 20.1. The lowest BCUT2D eigenvalue weighted by molar-refractivity contribution is -0.202. The van der Waals surface area contributed by atoms with Crippen molar-refractivity contribution in [2.24, 2.45) is 0 Å². The first-order valence-corrected chi connectivity index (χ1v) is 10.2. The Labute approximate surface area is 176 Å². The molecule has 2 aliphatic rings. The van der Waals surface area contributed by atoms with Crippen LogP contribution in [0.4, 0.5) is 0 Å². The Morgan fingerprint density at radius 2 is 1.67 bits per heavy atom. The second kappa shape index (κ2) is 7.58. The van der Waals surface area contributed by atoms with E-state index < -0.39 is 5.54 Å². The second-order valence-corrected chi connectivity index (χ2v) is 8.13. The van der Waals surface area contributed by atoms with Crippen molar-refractivity contribution in [3.63, 3.8) is 0 Å². The molecule has 1 N–H and O–H groups in total. The molecule has 2 aromatic rings. The van der Waals surface area contributed by atoms with Crippen molar-refractivity contribution in [2.75, 3.05) is 19.7 Å². The summed E-state index contributed by atoms with van der Waals surface area (Å²) in [7, 11) is 0. The summed E-state index contributed by atoms with van der Waals surface area (Å²) >= 11 is 0. The Hall–Kier alpha value is -3.17. The van der Waals surface area contributed by atoms with Crippen molar-refractivity contribution in [2.45, 2.75) is 37.8 Å². The largest absolute Gasteiger partial charge is 0.394 e. The van der Waals surface area contributed by atoms with Gasteiger partial charge in [0.05, 0.1) is 29.8 Å². The van der Waals surface area contributed by atoms with Crippen molar-refractivity contribution in [3.05, 3.63) is 59.7 Å². The summed E-state index contributed by atoms with van der Waals surface area (Å²) in [5, 5.41) is 19.0. The minimum atomic E-state index is -0.428. The molecule has 2 aliphatic heterocycles. The maximum atomic E-state index is 12.6. The van der Waals surface area contributed by atoms with Gasteiger partial charge in [0.25, 0.3) is 0 Å². The molecule has 0 unspecified atom stereocenters. The zero-order valence-corrected chi connectivity index (χ0v) is 17.2. The van der Waals surface area contributed by atoms with Crippen molar-refractivity contribution < 1.29 is 14.7 Å². The van der Waals surface area contributed by atoms with E-state index in [-0.39, 0.29) is 30.4 Å². The van der Waals surface area contributed by atoms with Crippen molar-refractivity contribution in [1.82, 2.24) is 9.80 Å². The number of aliphatic hydroxyl groups excluding tert-OH is 1. The zero-order valence-electron chi connectivity index (χ0n) is 17.2. The summed E-state index contributed by atoms with van der Waals surface area (Å²) < 4.78 is 0. The molecule has 2 atom stereocenters. The normalized spacial score (nSPS) is 21.5. The fourth-order valence-corrected chi connectivity index (χ4v) is 5.03. The Morgan fingerprint density at radius 3 is 2.13 bits per heavy atom. The quantitative estimate of drug-likeness (QED) is 0.850. The van der Waals surface area contributed by atoms with Gasteiger partial charge in [-0.1, -0.05) is 43.3 Å². The van der Waals surface area contributed by atoms with Gasteiger partial charge in [-0.15, -0.1) is 0 Å². The Balaban J connectivity index is 1.63. The molecule has 4 rings (SSSR count). The van der Waals surface area contributed by atoms with Crippen LogP contribution in [0.3, 0.4) is 0 Å². The minimum Gasteiger partial charge on any atom is -0.394 e. The van der Waals surface area contributed by atoms with Crippen LogP contribution in [0, 0.1) is 11.3 Å². The predicted molar refractivity (Wildman–Crippen MR) is 112 cm³/mol. The average molecular weight is 403 g/mol. The lowest BCUT2D eigenvalue weighted by atomic mass is 9.60. The Bertz CT molecular complexity index is 1000. The summed E-state index contributed by atoms with van der Waals surface area (Å²) in [6, 6.07) is 17.5. The number of hydrogen-bond donors (Lipinski definition) is 1. The molecule has 154 valence electrons. The van der Waals surface area contributed by atoms with E-state index in [1.54, 1.807) is 24.0 Å². The van der Waals surface area contributed by atoms with Gasteiger partial charge in [-0.05, 0) is 28.8 Å². The van der Waals surface area contributed by atoms with Crippen LogP contribution in [0.1, 0.15) is 37.3 Å². The topological polar surface area (TPSA) is 84.6 Å². The highest BCUT2D eigenvalue weighted by Gasteiger charge is 2.67. The number of likely N-dealkylation sites (tertiary alicyclic amines) is 2. The van der Waals surface area contributed by atoms with E-state index in [2.05, 4.69) is 6.07 Å². The maximum absolute atomic E-state index is 12.6. The molecule has 2 saturated heterocycles. The molecule has 2 aromatic carbocycles. The fourth-order valence-electron chi connectivity index (χ4n) is 5.03. The lowest BCUT2D eigenvalue weighted by Gasteiger charge is -2.70. The van der Waals surface area contributed by atoms with Crippen LogP contribution in [0.15, 0.2) is 48.5 Å². The molecule has 0 radical (unpaired) electrons. The maximum Gasteiger partial charge on any atom is 0.223 e. The molecule has 2 fully saturated rings. The zero-order chi connectivity index (χ0) is 21.5. The number of rotatable bonds is 4. The van der Waals surface area contributed by atoms with Crippen LogP contribution in [-0.4, -0.2) is 58.0 Å². The number of aliphatic hydroxyl groups is 1. The highest BCUT2D eigenvalue weighted by atomic mass is 16.3. The molecule has 6 nitrogen and oxygen atoms in total. The Kier molecular flexibility index (Phi) is 5.08. The van der Waals surface area contributed by atoms with E-state index >= 15 is 0 Å². The van der Waals surface area contributed by atoms with E-state index in [0.717, 1.165) is 16.7 Å². The first-order chi connectivity index (χ1) is 14.4. The van der Waals surface area contributed by atoms with Crippen molar-refractivity contribution in [3.8, 4) is 17.2 Å². The number of nitrogens with zero attached hydrogens (tertiary/aromatic N) is 3. The van der Waals surface area contributed by atoms with E-state index in [0.29, 0.717) is 25.1 Å². The van der Waals surface area contributed by atoms with Crippen LogP contribution in [0.5, 0.6) is 0 Å². The summed E-state index contributed by atoms with van der Waals surface area (Å²) in [5.74, 6) is 0.0122. The third kappa shape index (κ3) is 2.98. The standard InChI is InChI=1S/C24H25N3O3/c1-3-22(30)27-21(13-28)23(24(27)14-26(15-24)16(2)29)20-10-8-19(9-11-20)18-6-4-17(12-25)5-7-18/h4-11,21,23,28H,3,13-15H2,1-2H3/t21-,23+/m1/s1. The highest BCUT2D eigenvalue weighted by molar-refractivity contribution is 5.82. The van der Waals surface area contributed by atoms with Gasteiger partial charge in [0.1, 0.15) is 0 Å². The van der Waals surface area contributed by atoms with E-state index in [9.17, 15) is 14.7 Å². The Morgan fingerprint density at radius 1 is 1.10 bits per heavy atom. The van der Waals surface area contributed by atoms with Gasteiger partial charge < -0.3 is 14.9 Å². The van der Waals surface area contributed by atoms with E-state index in [1.807, 2.05) is 48.2 Å². The van der Waals surface area contributed by atoms with E-state index in [1.165, 1.54) is 0 Å². The van der Waals surface area contributed by atoms with Gasteiger partial charge >= 0.3 is 0 Å². The summed E-state index contributed by atoms with van der Waals surface area (Å²) in [6.45, 7) is 4.28. The van der Waals surface area contributed by atoms with Crippen LogP contribution in [-0.2, 0) is 9.59 Å². The van der Waals surface area contributed by atoms with Crippen LogP contribution in [0.2, 0.25) is 0 Å². The van der Waals surface area contributed by atoms with Crippen LogP contribution >= 0.6 is 0 Å². The number of hydrogen-bond acceptors (Lipinski definition) is 4. The minimum absolute atomic E-state index is 0.00637. The number of carbonyl (C=O) groups is 2. The van der Waals surface area contributed by atoms with Crippen LogP contribution in [0.25, 0.3) is 11.1 Å². The molecule has 0 saturated carbocycles. The fraction of sp³-hybridized carbons (Fsp3) is 0.375. The summed E-state index contributed by atoms with van der Waals surface area (Å²) in [4.78, 5) is 28.0. The molecular weight excluding hydrogens is 378 g/mol. The first-order valence-electron chi connectivity index (χ1n) is 10.2. The number of carbonyl (C=O) groups excluding carboxylic acids is 2. The van der Waals surface area contributed by atoms with Crippen molar-refractivity contribution in [1.29, 1.82) is 5.26 Å². The summed E-state index contributed by atoms with van der Waals surface area (Å²) in [5.41, 5.74) is 3.32. The molecule has 1 spiro atoms. The van der Waals surface area contributed by atoms with Crippen molar-refractivity contribution >= 4 is 11.8 Å². The molecule has 6 heteroatoms. The molecule has 0 aromatic heterocycles. The third-order valence-corrected chi connectivity index (χ3v) is 6.53. The number of benzene rings is 2. The summed E-state index contributed by atoms with van der Waals surface area (Å²) in [6.07, 6.45) is 0.378. The smallest absolute Gasteiger partial charge is 0.223 e. The molecule has 0 aliphatic carbocycles. The molecule has 2 heterocycles. The lowest BCUT2D eigenvalue weighted by Crippen LogP contribution is -2.85. The van der Waals surface area contributed by atoms with Crippen LogP contribution < -0.4 is 0 Å². The molecule has 0 bridgehead atoms. The third-order valence-electron chi connectivity index (χ3n) is 6.53. The van der Waals surface area contributed by atoms with Gasteiger partial charge in [-0.2, -0.15) is 5.26 Å². The molecule has 30 heavy (non-hydrogen) atoms. The SMILES string of the molecule is CCC(=O)N1[C@H](CO)[C@H](c2ccc(-c3ccc(C#N)cc3)cc2)C12CN(C(C)=O)C2. The second-order valence-electron chi connectivity index (χ2n) is 8.13. The van der Waals surface area contributed by atoms with E-state index in [4.69, 9.17) is 5.26 Å².